The van der Waals surface area contributed by atoms with Crippen LogP contribution in [-0.4, -0.2) is 13.9 Å². The Morgan fingerprint density at radius 2 is 1.92 bits per heavy atom. The van der Waals surface area contributed by atoms with E-state index >= 15 is 0 Å². The molecule has 0 heterocycles. The predicted octanol–water partition coefficient (Wildman–Crippen LogP) is 3.99. The van der Waals surface area contributed by atoms with Gasteiger partial charge >= 0.3 is 5.51 Å². The lowest BCUT2D eigenvalue weighted by atomic mass is 10.1. The fourth-order valence-corrected chi connectivity index (χ4v) is 3.63. The van der Waals surface area contributed by atoms with Crippen LogP contribution >= 0.6 is 0 Å². The number of rotatable bonds is 4. The van der Waals surface area contributed by atoms with Crippen molar-refractivity contribution in [1.82, 2.24) is 0 Å². The van der Waals surface area contributed by atoms with Crippen molar-refractivity contribution in [1.29, 1.82) is 5.26 Å². The smallest absolute Gasteiger partial charge is 0.461 e. The first-order valence-corrected chi connectivity index (χ1v) is 8.51. The third-order valence-corrected chi connectivity index (χ3v) is 5.19. The lowest BCUT2D eigenvalue weighted by Gasteiger charge is -2.19. The van der Waals surface area contributed by atoms with Gasteiger partial charge in [0.1, 0.15) is 11.5 Å². The summed E-state index contributed by atoms with van der Waals surface area (Å²) in [6.45, 7) is 3.32. The van der Waals surface area contributed by atoms with Crippen molar-refractivity contribution in [3.05, 3.63) is 52.1 Å². The SMILES string of the molecule is CCC1C(Oc2cc(C)cc(C#N)c2)=CC=C1S(=O)(=O)C(F)(F)F. The minimum Gasteiger partial charge on any atom is -0.461 e. The zero-order valence-corrected chi connectivity index (χ0v) is 13.7. The molecule has 0 saturated heterocycles. The zero-order chi connectivity index (χ0) is 18.1. The molecule has 0 radical (unpaired) electrons. The number of sulfone groups is 1. The van der Waals surface area contributed by atoms with E-state index < -0.39 is 26.2 Å². The topological polar surface area (TPSA) is 67.2 Å². The average molecular weight is 357 g/mol. The summed E-state index contributed by atoms with van der Waals surface area (Å²) in [4.78, 5) is -0.722. The molecule has 1 aliphatic rings. The van der Waals surface area contributed by atoms with Gasteiger partial charge in [0.2, 0.25) is 0 Å². The first-order valence-electron chi connectivity index (χ1n) is 7.03. The molecule has 1 aromatic rings. The van der Waals surface area contributed by atoms with Crippen molar-refractivity contribution < 1.29 is 26.3 Å². The highest BCUT2D eigenvalue weighted by Gasteiger charge is 2.51. The van der Waals surface area contributed by atoms with Crippen molar-refractivity contribution in [3.8, 4) is 11.8 Å². The Hall–Kier alpha value is -2.27. The van der Waals surface area contributed by atoms with Crippen molar-refractivity contribution in [2.45, 2.75) is 25.8 Å². The quantitative estimate of drug-likeness (QED) is 0.817. The van der Waals surface area contributed by atoms with E-state index in [0.717, 1.165) is 11.6 Å². The maximum Gasteiger partial charge on any atom is 0.501 e. The molecule has 0 N–H and O–H groups in total. The molecule has 4 nitrogen and oxygen atoms in total. The second kappa shape index (κ2) is 6.32. The Morgan fingerprint density at radius 1 is 1.25 bits per heavy atom. The molecule has 0 aliphatic heterocycles. The normalized spacial score (nSPS) is 17.9. The second-order valence-electron chi connectivity index (χ2n) is 5.30. The molecule has 0 amide bonds. The molecule has 0 fully saturated rings. The van der Waals surface area contributed by atoms with Crippen LogP contribution in [0.5, 0.6) is 5.75 Å². The minimum atomic E-state index is -5.41. The van der Waals surface area contributed by atoms with Crippen LogP contribution in [0, 0.1) is 24.2 Å². The Labute approximate surface area is 137 Å². The number of ether oxygens (including phenoxy) is 1. The third kappa shape index (κ3) is 3.31. The van der Waals surface area contributed by atoms with Crippen LogP contribution in [0.1, 0.15) is 24.5 Å². The van der Waals surface area contributed by atoms with Crippen LogP contribution in [-0.2, 0) is 9.84 Å². The number of allylic oxidation sites excluding steroid dienone is 3. The fourth-order valence-electron chi connectivity index (χ4n) is 2.46. The Bertz CT molecular complexity index is 862. The van der Waals surface area contributed by atoms with E-state index in [-0.39, 0.29) is 17.9 Å². The summed E-state index contributed by atoms with van der Waals surface area (Å²) >= 11 is 0. The lowest BCUT2D eigenvalue weighted by molar-refractivity contribution is -0.0428. The highest BCUT2D eigenvalue weighted by molar-refractivity contribution is 7.96. The van der Waals surface area contributed by atoms with E-state index in [1.807, 2.05) is 6.07 Å². The highest BCUT2D eigenvalue weighted by Crippen LogP contribution is 2.41. The van der Waals surface area contributed by atoms with Crippen molar-refractivity contribution >= 4 is 9.84 Å². The number of nitriles is 1. The standard InChI is InChI=1S/C16H14F3NO3S/c1-3-13-14(4-5-15(13)24(21,22)16(17,18)19)23-12-7-10(2)6-11(8-12)9-20/h4-8,13H,3H2,1-2H3. The monoisotopic (exact) mass is 357 g/mol. The molecule has 2 rings (SSSR count). The van der Waals surface area contributed by atoms with E-state index in [1.165, 1.54) is 12.1 Å². The van der Waals surface area contributed by atoms with Gasteiger partial charge in [-0.05, 0) is 49.3 Å². The predicted molar refractivity (Wildman–Crippen MR) is 81.4 cm³/mol. The number of alkyl halides is 3. The van der Waals surface area contributed by atoms with Crippen LogP contribution in [0.3, 0.4) is 0 Å². The van der Waals surface area contributed by atoms with Gasteiger partial charge in [0.15, 0.2) is 0 Å². The van der Waals surface area contributed by atoms with Crippen molar-refractivity contribution in [2.75, 3.05) is 0 Å². The van der Waals surface area contributed by atoms with Gasteiger partial charge in [-0.2, -0.15) is 18.4 Å². The van der Waals surface area contributed by atoms with Crippen LogP contribution in [0.4, 0.5) is 13.2 Å². The molecule has 0 bridgehead atoms. The minimum absolute atomic E-state index is 0.106. The number of benzene rings is 1. The molecule has 1 aliphatic carbocycles. The molecule has 8 heteroatoms. The zero-order valence-electron chi connectivity index (χ0n) is 12.9. The molecule has 128 valence electrons. The molecular weight excluding hydrogens is 343 g/mol. The Balaban J connectivity index is 2.30. The second-order valence-corrected chi connectivity index (χ2v) is 7.24. The van der Waals surface area contributed by atoms with Gasteiger partial charge in [-0.1, -0.05) is 6.92 Å². The number of nitrogens with zero attached hydrogens (tertiary/aromatic N) is 1. The lowest BCUT2D eigenvalue weighted by Crippen LogP contribution is -2.28. The fraction of sp³-hybridized carbons (Fsp3) is 0.312. The van der Waals surface area contributed by atoms with Crippen molar-refractivity contribution in [3.63, 3.8) is 0 Å². The molecule has 1 aromatic carbocycles. The summed E-state index contributed by atoms with van der Waals surface area (Å²) in [5.41, 5.74) is -4.27. The summed E-state index contributed by atoms with van der Waals surface area (Å²) in [5.74, 6) is -0.632. The maximum absolute atomic E-state index is 12.8. The van der Waals surface area contributed by atoms with E-state index in [2.05, 4.69) is 0 Å². The molecule has 0 saturated carbocycles. The van der Waals surface area contributed by atoms with Gasteiger partial charge in [-0.15, -0.1) is 0 Å². The average Bonchev–Trinajstić information content (AvgIpc) is 2.88. The summed E-state index contributed by atoms with van der Waals surface area (Å²) in [6, 6.07) is 6.64. The first-order chi connectivity index (χ1) is 11.1. The van der Waals surface area contributed by atoms with E-state index in [0.29, 0.717) is 5.56 Å². The van der Waals surface area contributed by atoms with Gasteiger partial charge in [-0.3, -0.25) is 0 Å². The summed E-state index contributed by atoms with van der Waals surface area (Å²) in [7, 11) is -5.41. The highest BCUT2D eigenvalue weighted by atomic mass is 32.2. The molecule has 0 spiro atoms. The van der Waals surface area contributed by atoms with Gasteiger partial charge in [0.05, 0.1) is 22.5 Å². The van der Waals surface area contributed by atoms with Gasteiger partial charge in [-0.25, -0.2) is 8.42 Å². The first kappa shape index (κ1) is 18.1. The molecule has 1 unspecified atom stereocenters. The number of hydrogen-bond acceptors (Lipinski definition) is 4. The third-order valence-electron chi connectivity index (χ3n) is 3.54. The number of aryl methyl sites for hydroxylation is 1. The van der Waals surface area contributed by atoms with Gasteiger partial charge in [0, 0.05) is 0 Å². The maximum atomic E-state index is 12.8. The van der Waals surface area contributed by atoms with Crippen LogP contribution < -0.4 is 4.74 Å². The van der Waals surface area contributed by atoms with Gasteiger partial charge < -0.3 is 4.74 Å². The van der Waals surface area contributed by atoms with E-state index in [9.17, 15) is 21.6 Å². The van der Waals surface area contributed by atoms with E-state index in [4.69, 9.17) is 10.00 Å². The van der Waals surface area contributed by atoms with E-state index in [1.54, 1.807) is 26.0 Å². The largest absolute Gasteiger partial charge is 0.501 e. The molecular formula is C16H14F3NO3S. The summed E-state index contributed by atoms with van der Waals surface area (Å²) in [6.07, 6.45) is 2.28. The molecule has 1 atom stereocenters. The molecule has 0 aromatic heterocycles. The number of hydrogen-bond donors (Lipinski definition) is 0. The summed E-state index contributed by atoms with van der Waals surface area (Å²) in [5, 5.41) is 8.95. The van der Waals surface area contributed by atoms with Crippen LogP contribution in [0.25, 0.3) is 0 Å². The van der Waals surface area contributed by atoms with Crippen LogP contribution in [0.2, 0.25) is 0 Å². The Kier molecular flexibility index (Phi) is 4.76. The summed E-state index contributed by atoms with van der Waals surface area (Å²) < 4.78 is 67.2. The Morgan fingerprint density at radius 3 is 2.46 bits per heavy atom. The van der Waals surface area contributed by atoms with Crippen molar-refractivity contribution in [2.24, 2.45) is 5.92 Å². The molecule has 24 heavy (non-hydrogen) atoms. The van der Waals surface area contributed by atoms with Gasteiger partial charge in [0.25, 0.3) is 9.84 Å². The number of halogens is 3. The van der Waals surface area contributed by atoms with Crippen LogP contribution in [0.15, 0.2) is 41.0 Å².